The topological polar surface area (TPSA) is 80.5 Å². The summed E-state index contributed by atoms with van der Waals surface area (Å²) in [5.41, 5.74) is 2.81. The number of aromatic nitrogens is 2. The molecular formula is C20H22N4O3. The number of carbonyl (C=O) groups is 1. The number of fused-ring (bicyclic) bond motifs is 1. The molecule has 0 unspecified atom stereocenters. The van der Waals surface area contributed by atoms with E-state index in [1.54, 1.807) is 6.92 Å². The highest BCUT2D eigenvalue weighted by Gasteiger charge is 2.26. The molecular weight excluding hydrogens is 344 g/mol. The lowest BCUT2D eigenvalue weighted by molar-refractivity contribution is 0.102. The molecule has 3 heterocycles. The molecule has 0 saturated carbocycles. The lowest BCUT2D eigenvalue weighted by Crippen LogP contribution is -2.37. The van der Waals surface area contributed by atoms with E-state index in [1.807, 2.05) is 24.3 Å². The van der Waals surface area contributed by atoms with E-state index in [0.717, 1.165) is 30.8 Å². The molecule has 1 fully saturated rings. The quantitative estimate of drug-likeness (QED) is 0.764. The maximum Gasteiger partial charge on any atom is 0.260 e. The summed E-state index contributed by atoms with van der Waals surface area (Å²) in [6.07, 6.45) is 2.31. The number of hydrogen-bond donors (Lipinski definition) is 1. The number of nitrogens with one attached hydrogen (secondary N) is 1. The summed E-state index contributed by atoms with van der Waals surface area (Å²) in [6, 6.07) is 7.81. The van der Waals surface area contributed by atoms with Crippen LogP contribution in [0.15, 0.2) is 35.0 Å². The number of rotatable bonds is 4. The van der Waals surface area contributed by atoms with Gasteiger partial charge in [-0.15, -0.1) is 0 Å². The maximum absolute atomic E-state index is 13.1. The molecule has 7 nitrogen and oxygen atoms in total. The predicted octanol–water partition coefficient (Wildman–Crippen LogP) is 3.18. The molecule has 0 bridgehead atoms. The molecule has 0 aliphatic carbocycles. The Labute approximate surface area is 157 Å². The molecule has 1 N–H and O–H groups in total. The highest BCUT2D eigenvalue weighted by Crippen LogP contribution is 2.32. The van der Waals surface area contributed by atoms with E-state index in [2.05, 4.69) is 27.1 Å². The Bertz CT molecular complexity index is 977. The normalized spacial score (nSPS) is 14.5. The Hall–Kier alpha value is -2.93. The summed E-state index contributed by atoms with van der Waals surface area (Å²) < 4.78 is 11.2. The number of carbonyl (C=O) groups excluding carboxylic acids is 1. The number of nitrogens with zero attached hydrogens (tertiary/aromatic N) is 3. The minimum absolute atomic E-state index is 0.212. The van der Waals surface area contributed by atoms with Crippen LogP contribution in [0.5, 0.6) is 0 Å². The van der Waals surface area contributed by atoms with Crippen molar-refractivity contribution in [3.63, 3.8) is 0 Å². The average molecular weight is 366 g/mol. The van der Waals surface area contributed by atoms with E-state index in [4.69, 9.17) is 9.15 Å². The summed E-state index contributed by atoms with van der Waals surface area (Å²) in [5.74, 6) is 1.04. The summed E-state index contributed by atoms with van der Waals surface area (Å²) in [5, 5.41) is 3.69. The Morgan fingerprint density at radius 3 is 2.78 bits per heavy atom. The molecule has 1 aromatic carbocycles. The van der Waals surface area contributed by atoms with Gasteiger partial charge in [-0.25, -0.2) is 9.97 Å². The fourth-order valence-electron chi connectivity index (χ4n) is 3.45. The SMILES string of the molecule is CCc1ccccc1NC(=O)c1c(C)oc2ncnc(N3CCOCC3)c12. The zero-order chi connectivity index (χ0) is 18.8. The standard InChI is InChI=1S/C20H22N4O3/c1-3-14-6-4-5-7-15(14)23-19(25)16-13(2)27-20-17(16)18(21-12-22-20)24-8-10-26-11-9-24/h4-7,12H,3,8-11H2,1-2H3,(H,23,25). The molecule has 0 radical (unpaired) electrons. The van der Waals surface area contributed by atoms with Gasteiger partial charge < -0.3 is 19.4 Å². The van der Waals surface area contributed by atoms with Crippen molar-refractivity contribution in [2.24, 2.45) is 0 Å². The first-order chi connectivity index (χ1) is 13.2. The number of ether oxygens (including phenoxy) is 1. The summed E-state index contributed by atoms with van der Waals surface area (Å²) >= 11 is 0. The molecule has 4 rings (SSSR count). The van der Waals surface area contributed by atoms with Crippen molar-refractivity contribution < 1.29 is 13.9 Å². The minimum Gasteiger partial charge on any atom is -0.442 e. The van der Waals surface area contributed by atoms with Gasteiger partial charge in [-0.3, -0.25) is 4.79 Å². The van der Waals surface area contributed by atoms with Gasteiger partial charge in [0.05, 0.1) is 24.2 Å². The van der Waals surface area contributed by atoms with E-state index in [9.17, 15) is 4.79 Å². The van der Waals surface area contributed by atoms with E-state index >= 15 is 0 Å². The molecule has 7 heteroatoms. The third kappa shape index (κ3) is 3.26. The summed E-state index contributed by atoms with van der Waals surface area (Å²) in [4.78, 5) is 23.9. The molecule has 1 amide bonds. The number of amides is 1. The number of hydrogen-bond acceptors (Lipinski definition) is 6. The highest BCUT2D eigenvalue weighted by molar-refractivity contribution is 6.15. The first kappa shape index (κ1) is 17.5. The zero-order valence-corrected chi connectivity index (χ0v) is 15.5. The van der Waals surface area contributed by atoms with Crippen LogP contribution >= 0.6 is 0 Å². The van der Waals surface area contributed by atoms with Crippen LogP contribution in [-0.2, 0) is 11.2 Å². The second-order valence-corrected chi connectivity index (χ2v) is 6.47. The van der Waals surface area contributed by atoms with Crippen LogP contribution in [-0.4, -0.2) is 42.2 Å². The third-order valence-electron chi connectivity index (χ3n) is 4.83. The fraction of sp³-hybridized carbons (Fsp3) is 0.350. The molecule has 27 heavy (non-hydrogen) atoms. The van der Waals surface area contributed by atoms with Crippen LogP contribution in [0.25, 0.3) is 11.1 Å². The number of furan rings is 1. The molecule has 0 atom stereocenters. The lowest BCUT2D eigenvalue weighted by Gasteiger charge is -2.28. The number of para-hydroxylation sites is 1. The molecule has 1 aliphatic heterocycles. The molecule has 1 saturated heterocycles. The van der Waals surface area contributed by atoms with Gasteiger partial charge >= 0.3 is 0 Å². The minimum atomic E-state index is -0.212. The number of morpholine rings is 1. The van der Waals surface area contributed by atoms with Crippen molar-refractivity contribution in [1.29, 1.82) is 0 Å². The zero-order valence-electron chi connectivity index (χ0n) is 15.5. The van der Waals surface area contributed by atoms with Crippen LogP contribution in [0.2, 0.25) is 0 Å². The molecule has 0 spiro atoms. The Morgan fingerprint density at radius 2 is 2.00 bits per heavy atom. The molecule has 2 aromatic heterocycles. The summed E-state index contributed by atoms with van der Waals surface area (Å²) in [6.45, 7) is 6.55. The summed E-state index contributed by atoms with van der Waals surface area (Å²) in [7, 11) is 0. The lowest BCUT2D eigenvalue weighted by atomic mass is 10.1. The smallest absolute Gasteiger partial charge is 0.260 e. The highest BCUT2D eigenvalue weighted by atomic mass is 16.5. The van der Waals surface area contributed by atoms with Gasteiger partial charge in [0.25, 0.3) is 5.91 Å². The van der Waals surface area contributed by atoms with Gasteiger partial charge in [-0.05, 0) is 25.0 Å². The van der Waals surface area contributed by atoms with Crippen molar-refractivity contribution in [1.82, 2.24) is 9.97 Å². The van der Waals surface area contributed by atoms with Crippen molar-refractivity contribution in [2.45, 2.75) is 20.3 Å². The van der Waals surface area contributed by atoms with Crippen molar-refractivity contribution in [2.75, 3.05) is 36.5 Å². The van der Waals surface area contributed by atoms with Crippen molar-refractivity contribution in [3.8, 4) is 0 Å². The third-order valence-corrected chi connectivity index (χ3v) is 4.83. The van der Waals surface area contributed by atoms with Gasteiger partial charge in [0.15, 0.2) is 0 Å². The second-order valence-electron chi connectivity index (χ2n) is 6.47. The van der Waals surface area contributed by atoms with E-state index < -0.39 is 0 Å². The Kier molecular flexibility index (Phi) is 4.77. The average Bonchev–Trinajstić information content (AvgIpc) is 3.05. The van der Waals surface area contributed by atoms with Gasteiger partial charge in [-0.1, -0.05) is 25.1 Å². The second kappa shape index (κ2) is 7.36. The monoisotopic (exact) mass is 366 g/mol. The van der Waals surface area contributed by atoms with Crippen molar-refractivity contribution >= 4 is 28.5 Å². The Balaban J connectivity index is 1.76. The van der Waals surface area contributed by atoms with E-state index in [-0.39, 0.29) is 5.91 Å². The maximum atomic E-state index is 13.1. The number of benzene rings is 1. The van der Waals surface area contributed by atoms with Crippen LogP contribution in [0.4, 0.5) is 11.5 Å². The number of aryl methyl sites for hydroxylation is 2. The van der Waals surface area contributed by atoms with Crippen LogP contribution in [0.1, 0.15) is 28.6 Å². The van der Waals surface area contributed by atoms with Gasteiger partial charge in [0.2, 0.25) is 5.71 Å². The first-order valence-corrected chi connectivity index (χ1v) is 9.15. The van der Waals surface area contributed by atoms with Gasteiger partial charge in [0.1, 0.15) is 17.9 Å². The van der Waals surface area contributed by atoms with E-state index in [0.29, 0.717) is 41.5 Å². The first-order valence-electron chi connectivity index (χ1n) is 9.15. The van der Waals surface area contributed by atoms with Crippen LogP contribution in [0.3, 0.4) is 0 Å². The van der Waals surface area contributed by atoms with E-state index in [1.165, 1.54) is 6.33 Å². The van der Waals surface area contributed by atoms with Crippen LogP contribution < -0.4 is 10.2 Å². The van der Waals surface area contributed by atoms with Gasteiger partial charge in [0, 0.05) is 18.8 Å². The predicted molar refractivity (Wildman–Crippen MR) is 103 cm³/mol. The van der Waals surface area contributed by atoms with Gasteiger partial charge in [-0.2, -0.15) is 0 Å². The molecule has 1 aliphatic rings. The van der Waals surface area contributed by atoms with Crippen molar-refractivity contribution in [3.05, 3.63) is 47.5 Å². The largest absolute Gasteiger partial charge is 0.442 e. The van der Waals surface area contributed by atoms with Crippen LogP contribution in [0, 0.1) is 6.92 Å². The number of anilines is 2. The molecule has 3 aromatic rings. The fourth-order valence-corrected chi connectivity index (χ4v) is 3.45. The molecule has 140 valence electrons. The Morgan fingerprint density at radius 1 is 1.22 bits per heavy atom.